The van der Waals surface area contributed by atoms with Crippen LogP contribution in [0.25, 0.3) is 0 Å². The van der Waals surface area contributed by atoms with Crippen LogP contribution in [0.15, 0.2) is 0 Å². The maximum Gasteiger partial charge on any atom is -0.0590 e. The van der Waals surface area contributed by atoms with Crippen molar-refractivity contribution >= 4 is 6.71 Å². The van der Waals surface area contributed by atoms with E-state index in [1.54, 1.807) is 0 Å². The lowest BCUT2D eigenvalue weighted by Crippen LogP contribution is -2.31. The van der Waals surface area contributed by atoms with Gasteiger partial charge >= 0.3 is 0 Å². The van der Waals surface area contributed by atoms with E-state index in [1.807, 2.05) is 0 Å². The molecule has 0 atom stereocenters. The van der Waals surface area contributed by atoms with Crippen LogP contribution in [0.2, 0.25) is 18.5 Å². The van der Waals surface area contributed by atoms with Crippen LogP contribution < -0.4 is 0 Å². The summed E-state index contributed by atoms with van der Waals surface area (Å²) in [7, 11) is 0. The van der Waals surface area contributed by atoms with Crippen LogP contribution in [0.4, 0.5) is 0 Å². The second kappa shape index (κ2) is 2.60. The third kappa shape index (κ3) is 1.000. The Morgan fingerprint density at radius 2 is 1.30 bits per heavy atom. The number of rotatable bonds is 0. The molecule has 2 bridgehead atoms. The molecule has 0 aromatic carbocycles. The van der Waals surface area contributed by atoms with Gasteiger partial charge in [-0.3, -0.25) is 0 Å². The molecule has 0 saturated carbocycles. The molecule has 0 N–H and O–H groups in total. The Labute approximate surface area is 64.5 Å². The summed E-state index contributed by atoms with van der Waals surface area (Å²) in [6.07, 6.45) is 9.21. The molecule has 0 aliphatic carbocycles. The van der Waals surface area contributed by atoms with Crippen molar-refractivity contribution in [2.75, 3.05) is 0 Å². The minimum absolute atomic E-state index is 1.07. The minimum Gasteiger partial charge on any atom is -0.219 e. The van der Waals surface area contributed by atoms with Crippen molar-refractivity contribution in [3.05, 3.63) is 0 Å². The SMILES string of the molecule is C[B-]1C2CCCC1CCC2. The molecule has 1 radical (unpaired) electrons. The summed E-state index contributed by atoms with van der Waals surface area (Å²) in [5.74, 6) is 2.24. The summed E-state index contributed by atoms with van der Waals surface area (Å²) < 4.78 is 0. The van der Waals surface area contributed by atoms with Gasteiger partial charge in [-0.25, -0.2) is 6.82 Å². The van der Waals surface area contributed by atoms with Crippen LogP contribution in [0.5, 0.6) is 0 Å². The first-order valence-corrected chi connectivity index (χ1v) is 4.88. The Kier molecular flexibility index (Phi) is 1.75. The van der Waals surface area contributed by atoms with Gasteiger partial charge in [0, 0.05) is 0 Å². The molecule has 57 valence electrons. The van der Waals surface area contributed by atoms with Gasteiger partial charge in [0.1, 0.15) is 0 Å². The maximum atomic E-state index is 2.48. The fourth-order valence-electron chi connectivity index (χ4n) is 3.01. The number of hydrogen-bond donors (Lipinski definition) is 0. The van der Waals surface area contributed by atoms with Gasteiger partial charge in [0.15, 0.2) is 0 Å². The normalized spacial score (nSPS) is 41.7. The van der Waals surface area contributed by atoms with E-state index in [1.165, 1.54) is 38.5 Å². The zero-order valence-corrected chi connectivity index (χ0v) is 6.97. The average molecular weight is 136 g/mol. The summed E-state index contributed by atoms with van der Waals surface area (Å²) >= 11 is 0. The van der Waals surface area contributed by atoms with Crippen molar-refractivity contribution in [2.45, 2.75) is 57.0 Å². The van der Waals surface area contributed by atoms with Gasteiger partial charge < -0.3 is 0 Å². The molecule has 1 heteroatoms. The summed E-state index contributed by atoms with van der Waals surface area (Å²) in [4.78, 5) is 0. The molecule has 2 rings (SSSR count). The quantitative estimate of drug-likeness (QED) is 0.448. The summed E-state index contributed by atoms with van der Waals surface area (Å²) in [5.41, 5.74) is 0. The van der Waals surface area contributed by atoms with Gasteiger partial charge in [-0.1, -0.05) is 38.5 Å². The van der Waals surface area contributed by atoms with Crippen LogP contribution in [0.1, 0.15) is 38.5 Å². The van der Waals surface area contributed by atoms with E-state index in [4.69, 9.17) is 0 Å². The van der Waals surface area contributed by atoms with Crippen LogP contribution >= 0.6 is 0 Å². The molecule has 2 aliphatic heterocycles. The molecule has 0 aromatic rings. The first-order valence-electron chi connectivity index (χ1n) is 4.88. The highest BCUT2D eigenvalue weighted by molar-refractivity contribution is 6.61. The molecule has 2 heterocycles. The Hall–Kier alpha value is 0.0649. The van der Waals surface area contributed by atoms with Gasteiger partial charge in [-0.15, -0.1) is 6.71 Å². The molecule has 0 aromatic heterocycles. The van der Waals surface area contributed by atoms with Crippen LogP contribution in [-0.2, 0) is 0 Å². The molecule has 2 fully saturated rings. The Morgan fingerprint density at radius 3 is 1.60 bits per heavy atom. The highest BCUT2D eigenvalue weighted by Crippen LogP contribution is 2.45. The zero-order valence-electron chi connectivity index (χ0n) is 6.97. The smallest absolute Gasteiger partial charge is 0.0590 e. The van der Waals surface area contributed by atoms with Gasteiger partial charge in [0.2, 0.25) is 0 Å². The monoisotopic (exact) mass is 136 g/mol. The third-order valence-electron chi connectivity index (χ3n) is 3.79. The van der Waals surface area contributed by atoms with E-state index in [0.29, 0.717) is 0 Å². The summed E-state index contributed by atoms with van der Waals surface area (Å²) in [6.45, 7) is 3.55. The number of fused-ring (bicyclic) bond motifs is 2. The van der Waals surface area contributed by atoms with E-state index < -0.39 is 0 Å². The standard InChI is InChI=1S/C9H17B/c1-10-8-4-2-5-9(10)7-3-6-8/h8-9H,2-7H2,1H3/q-1. The number of hydrogen-bond acceptors (Lipinski definition) is 0. The van der Waals surface area contributed by atoms with Gasteiger partial charge in [-0.05, 0) is 0 Å². The van der Waals surface area contributed by atoms with Crippen molar-refractivity contribution in [1.82, 2.24) is 0 Å². The van der Waals surface area contributed by atoms with Gasteiger partial charge in [0.05, 0.1) is 0 Å². The van der Waals surface area contributed by atoms with Crippen molar-refractivity contribution in [2.24, 2.45) is 0 Å². The van der Waals surface area contributed by atoms with Crippen molar-refractivity contribution in [1.29, 1.82) is 0 Å². The minimum atomic E-state index is 1.07. The molecule has 0 unspecified atom stereocenters. The molecule has 2 aliphatic rings. The fourth-order valence-corrected chi connectivity index (χ4v) is 3.01. The predicted molar refractivity (Wildman–Crippen MR) is 46.8 cm³/mol. The van der Waals surface area contributed by atoms with E-state index in [2.05, 4.69) is 6.82 Å². The predicted octanol–water partition coefficient (Wildman–Crippen LogP) is 3.22. The molecule has 0 amide bonds. The second-order valence-electron chi connectivity index (χ2n) is 4.24. The Bertz CT molecular complexity index is 99.9. The lowest BCUT2D eigenvalue weighted by atomic mass is 9.29. The van der Waals surface area contributed by atoms with Crippen LogP contribution in [0, 0.1) is 0 Å². The lowest BCUT2D eigenvalue weighted by molar-refractivity contribution is 0.445. The second-order valence-corrected chi connectivity index (χ2v) is 4.24. The highest BCUT2D eigenvalue weighted by atomic mass is 14.2. The first kappa shape index (κ1) is 6.76. The van der Waals surface area contributed by atoms with Crippen molar-refractivity contribution in [3.8, 4) is 0 Å². The average Bonchev–Trinajstić information content (AvgIpc) is 1.86. The molecule has 2 saturated heterocycles. The van der Waals surface area contributed by atoms with Crippen LogP contribution in [0.3, 0.4) is 0 Å². The molecular weight excluding hydrogens is 119 g/mol. The van der Waals surface area contributed by atoms with E-state index in [0.717, 1.165) is 18.3 Å². The molecule has 0 spiro atoms. The van der Waals surface area contributed by atoms with Gasteiger partial charge in [-0.2, -0.15) is 11.6 Å². The summed E-state index contributed by atoms with van der Waals surface area (Å²) in [6, 6.07) is 0. The maximum absolute atomic E-state index is 2.48. The van der Waals surface area contributed by atoms with Crippen molar-refractivity contribution in [3.63, 3.8) is 0 Å². The topological polar surface area (TPSA) is 0 Å². The van der Waals surface area contributed by atoms with Gasteiger partial charge in [0.25, 0.3) is 0 Å². The van der Waals surface area contributed by atoms with E-state index in [9.17, 15) is 0 Å². The Morgan fingerprint density at radius 1 is 0.900 bits per heavy atom. The molecule has 10 heavy (non-hydrogen) atoms. The van der Waals surface area contributed by atoms with E-state index >= 15 is 0 Å². The highest BCUT2D eigenvalue weighted by Gasteiger charge is 2.23. The Balaban J connectivity index is 2.05. The first-order chi connectivity index (χ1) is 4.88. The van der Waals surface area contributed by atoms with E-state index in [-0.39, 0.29) is 0 Å². The fraction of sp³-hybridized carbons (Fsp3) is 1.00. The van der Waals surface area contributed by atoms with Crippen LogP contribution in [-0.4, -0.2) is 6.71 Å². The summed E-state index contributed by atoms with van der Waals surface area (Å²) in [5, 5.41) is 0. The largest absolute Gasteiger partial charge is 0.219 e. The third-order valence-corrected chi connectivity index (χ3v) is 3.79. The van der Waals surface area contributed by atoms with Crippen molar-refractivity contribution < 1.29 is 0 Å². The lowest BCUT2D eigenvalue weighted by Gasteiger charge is -2.49. The molecular formula is C9H17B-. The molecule has 0 nitrogen and oxygen atoms in total. The zero-order chi connectivity index (χ0) is 6.97.